The Morgan fingerprint density at radius 2 is 1.96 bits per heavy atom. The molecule has 0 radical (unpaired) electrons. The molecule has 2 aromatic carbocycles. The molecule has 0 unspecified atom stereocenters. The third-order valence-corrected chi connectivity index (χ3v) is 4.94. The predicted octanol–water partition coefficient (Wildman–Crippen LogP) is 3.69. The fourth-order valence-electron chi connectivity index (χ4n) is 2.46. The van der Waals surface area contributed by atoms with Gasteiger partial charge in [0.1, 0.15) is 11.1 Å². The number of hydrogen-bond acceptors (Lipinski definition) is 4. The Balaban J connectivity index is 1.64. The zero-order valence-electron chi connectivity index (χ0n) is 14.4. The number of halogens is 1. The average Bonchev–Trinajstić information content (AvgIpc) is 2.92. The second kappa shape index (κ2) is 7.70. The minimum absolute atomic E-state index is 0.0136. The van der Waals surface area contributed by atoms with Gasteiger partial charge in [0.25, 0.3) is 0 Å². The van der Waals surface area contributed by atoms with Gasteiger partial charge in [0.2, 0.25) is 11.8 Å². The summed E-state index contributed by atoms with van der Waals surface area (Å²) in [5.74, 6) is -0.924. The Morgan fingerprint density at radius 3 is 2.69 bits per heavy atom. The maximum absolute atomic E-state index is 12.9. The van der Waals surface area contributed by atoms with Crippen LogP contribution in [-0.2, 0) is 9.59 Å². The number of benzene rings is 2. The van der Waals surface area contributed by atoms with Gasteiger partial charge in [-0.1, -0.05) is 23.9 Å². The van der Waals surface area contributed by atoms with Gasteiger partial charge in [-0.2, -0.15) is 0 Å². The van der Waals surface area contributed by atoms with Crippen molar-refractivity contribution in [3.8, 4) is 0 Å². The van der Waals surface area contributed by atoms with E-state index in [1.54, 1.807) is 0 Å². The van der Waals surface area contributed by atoms with Gasteiger partial charge in [-0.3, -0.25) is 9.59 Å². The van der Waals surface area contributed by atoms with E-state index in [0.29, 0.717) is 10.9 Å². The van der Waals surface area contributed by atoms with Crippen molar-refractivity contribution >= 4 is 40.1 Å². The van der Waals surface area contributed by atoms with Gasteiger partial charge in [-0.25, -0.2) is 9.38 Å². The third kappa shape index (κ3) is 4.49. The van der Waals surface area contributed by atoms with Crippen LogP contribution in [0, 0.1) is 19.7 Å². The highest BCUT2D eigenvalue weighted by atomic mass is 32.2. The summed E-state index contributed by atoms with van der Waals surface area (Å²) in [5, 5.41) is 5.33. The molecule has 2 N–H and O–H groups in total. The average molecular weight is 371 g/mol. The molecule has 1 fully saturated rings. The highest BCUT2D eigenvalue weighted by Gasteiger charge is 2.32. The van der Waals surface area contributed by atoms with Gasteiger partial charge < -0.3 is 10.6 Å². The zero-order chi connectivity index (χ0) is 18.7. The first-order chi connectivity index (χ1) is 12.4. The van der Waals surface area contributed by atoms with Crippen molar-refractivity contribution in [2.24, 2.45) is 4.99 Å². The number of nitrogens with one attached hydrogen (secondary N) is 2. The second-order valence-corrected chi connectivity index (χ2v) is 7.25. The first kappa shape index (κ1) is 18.1. The molecule has 26 heavy (non-hydrogen) atoms. The molecule has 5 nitrogen and oxygen atoms in total. The lowest BCUT2D eigenvalue weighted by Gasteiger charge is -2.07. The SMILES string of the molecule is Cc1ccc(C)c(N=C2NC(=O)[C@H](CC(=O)Nc3ccc(F)cc3)S2)c1. The van der Waals surface area contributed by atoms with Gasteiger partial charge in [-0.05, 0) is 55.3 Å². The molecule has 1 saturated heterocycles. The van der Waals surface area contributed by atoms with Crippen LogP contribution in [0.25, 0.3) is 0 Å². The van der Waals surface area contributed by atoms with Crippen LogP contribution in [0.3, 0.4) is 0 Å². The van der Waals surface area contributed by atoms with E-state index in [2.05, 4.69) is 15.6 Å². The molecule has 7 heteroatoms. The van der Waals surface area contributed by atoms with Gasteiger partial charge in [0, 0.05) is 12.1 Å². The molecule has 134 valence electrons. The van der Waals surface area contributed by atoms with E-state index in [4.69, 9.17) is 0 Å². The van der Waals surface area contributed by atoms with Gasteiger partial charge in [-0.15, -0.1) is 0 Å². The summed E-state index contributed by atoms with van der Waals surface area (Å²) < 4.78 is 12.9. The molecule has 1 atom stereocenters. The normalized spacial score (nSPS) is 18.0. The number of carbonyl (C=O) groups is 2. The van der Waals surface area contributed by atoms with Crippen LogP contribution in [0.15, 0.2) is 47.5 Å². The molecule has 0 saturated carbocycles. The molecule has 3 rings (SSSR count). The Morgan fingerprint density at radius 1 is 1.23 bits per heavy atom. The van der Waals surface area contributed by atoms with Crippen LogP contribution in [0.1, 0.15) is 17.5 Å². The smallest absolute Gasteiger partial charge is 0.240 e. The zero-order valence-corrected chi connectivity index (χ0v) is 15.2. The molecule has 2 aromatic rings. The highest BCUT2D eigenvalue weighted by molar-refractivity contribution is 8.15. The number of nitrogens with zero attached hydrogens (tertiary/aromatic N) is 1. The summed E-state index contributed by atoms with van der Waals surface area (Å²) in [7, 11) is 0. The summed E-state index contributed by atoms with van der Waals surface area (Å²) in [6.45, 7) is 3.93. The van der Waals surface area contributed by atoms with Crippen molar-refractivity contribution in [3.05, 3.63) is 59.4 Å². The van der Waals surface area contributed by atoms with Crippen molar-refractivity contribution in [3.63, 3.8) is 0 Å². The second-order valence-electron chi connectivity index (χ2n) is 6.06. The van der Waals surface area contributed by atoms with E-state index in [0.717, 1.165) is 16.8 Å². The molecular formula is C19H18FN3O2S. The first-order valence-electron chi connectivity index (χ1n) is 8.09. The van der Waals surface area contributed by atoms with E-state index >= 15 is 0 Å². The van der Waals surface area contributed by atoms with Gasteiger partial charge in [0.05, 0.1) is 5.69 Å². The predicted molar refractivity (Wildman–Crippen MR) is 102 cm³/mol. The van der Waals surface area contributed by atoms with E-state index in [1.165, 1.54) is 36.0 Å². The fraction of sp³-hybridized carbons (Fsp3) is 0.211. The minimum atomic E-state index is -0.542. The van der Waals surface area contributed by atoms with Crippen molar-refractivity contribution in [1.82, 2.24) is 5.32 Å². The van der Waals surface area contributed by atoms with Gasteiger partial charge in [0.15, 0.2) is 5.17 Å². The van der Waals surface area contributed by atoms with E-state index in [1.807, 2.05) is 32.0 Å². The van der Waals surface area contributed by atoms with Crippen molar-refractivity contribution < 1.29 is 14.0 Å². The number of amides is 2. The number of anilines is 1. The maximum atomic E-state index is 12.9. The molecular weight excluding hydrogens is 353 g/mol. The highest BCUT2D eigenvalue weighted by Crippen LogP contribution is 2.27. The lowest BCUT2D eigenvalue weighted by Crippen LogP contribution is -2.28. The number of hydrogen-bond donors (Lipinski definition) is 2. The van der Waals surface area contributed by atoms with E-state index in [9.17, 15) is 14.0 Å². The summed E-state index contributed by atoms with van der Waals surface area (Å²) in [4.78, 5) is 28.7. The minimum Gasteiger partial charge on any atom is -0.326 e. The molecule has 0 bridgehead atoms. The van der Waals surface area contributed by atoms with Crippen molar-refractivity contribution in [2.75, 3.05) is 5.32 Å². The van der Waals surface area contributed by atoms with Crippen LogP contribution in [0.4, 0.5) is 15.8 Å². The lowest BCUT2D eigenvalue weighted by atomic mass is 10.1. The summed E-state index contributed by atoms with van der Waals surface area (Å²) >= 11 is 1.24. The Hall–Kier alpha value is -2.67. The Labute approximate surface area is 155 Å². The third-order valence-electron chi connectivity index (χ3n) is 3.86. The van der Waals surface area contributed by atoms with Crippen LogP contribution < -0.4 is 10.6 Å². The van der Waals surface area contributed by atoms with Crippen LogP contribution >= 0.6 is 11.8 Å². The summed E-state index contributed by atoms with van der Waals surface area (Å²) in [5.41, 5.74) is 3.38. The number of carbonyl (C=O) groups excluding carboxylic acids is 2. The van der Waals surface area contributed by atoms with Gasteiger partial charge >= 0.3 is 0 Å². The number of rotatable bonds is 4. The molecule has 0 spiro atoms. The molecule has 2 amide bonds. The number of amidine groups is 1. The lowest BCUT2D eigenvalue weighted by molar-refractivity contribution is -0.122. The van der Waals surface area contributed by atoms with E-state index < -0.39 is 5.25 Å². The van der Waals surface area contributed by atoms with Crippen LogP contribution in [0.5, 0.6) is 0 Å². The standard InChI is InChI=1S/C19H18FN3O2S/c1-11-3-4-12(2)15(9-11)22-19-23-18(25)16(26-19)10-17(24)21-14-7-5-13(20)6-8-14/h3-9,16H,10H2,1-2H3,(H,21,24)(H,22,23,25)/t16-/m0/s1. The topological polar surface area (TPSA) is 70.6 Å². The van der Waals surface area contributed by atoms with E-state index in [-0.39, 0.29) is 24.1 Å². The van der Waals surface area contributed by atoms with Crippen molar-refractivity contribution in [1.29, 1.82) is 0 Å². The Kier molecular flexibility index (Phi) is 5.37. The molecule has 0 aromatic heterocycles. The monoisotopic (exact) mass is 371 g/mol. The molecule has 1 aliphatic rings. The number of aliphatic imine (C=N–C) groups is 1. The summed E-state index contributed by atoms with van der Waals surface area (Å²) in [6, 6.07) is 11.4. The molecule has 1 aliphatic heterocycles. The largest absolute Gasteiger partial charge is 0.326 e. The molecule has 1 heterocycles. The van der Waals surface area contributed by atoms with Crippen LogP contribution in [-0.4, -0.2) is 22.2 Å². The summed E-state index contributed by atoms with van der Waals surface area (Å²) in [6.07, 6.45) is 0.0136. The Bertz CT molecular complexity index is 881. The first-order valence-corrected chi connectivity index (χ1v) is 8.97. The fourth-order valence-corrected chi connectivity index (χ4v) is 3.44. The maximum Gasteiger partial charge on any atom is 0.240 e. The number of thioether (sulfide) groups is 1. The molecule has 0 aliphatic carbocycles. The quantitative estimate of drug-likeness (QED) is 0.861. The van der Waals surface area contributed by atoms with Crippen molar-refractivity contribution in [2.45, 2.75) is 25.5 Å². The number of aryl methyl sites for hydroxylation is 2. The van der Waals surface area contributed by atoms with Crippen LogP contribution in [0.2, 0.25) is 0 Å².